The topological polar surface area (TPSA) is 46.9 Å². The van der Waals surface area contributed by atoms with Crippen LogP contribution in [0.25, 0.3) is 5.69 Å². The van der Waals surface area contributed by atoms with Crippen molar-refractivity contribution in [3.8, 4) is 5.69 Å². The Hall–Kier alpha value is -1.96. The van der Waals surface area contributed by atoms with Gasteiger partial charge in [0.05, 0.1) is 5.69 Å². The van der Waals surface area contributed by atoms with Gasteiger partial charge in [0.2, 0.25) is 0 Å². The Morgan fingerprint density at radius 2 is 1.82 bits per heavy atom. The van der Waals surface area contributed by atoms with Crippen LogP contribution in [0.1, 0.15) is 42.6 Å². The van der Waals surface area contributed by atoms with Crippen molar-refractivity contribution in [2.75, 3.05) is 0 Å². The molecule has 0 unspecified atom stereocenters. The molecule has 3 aromatic rings. The van der Waals surface area contributed by atoms with Crippen molar-refractivity contribution in [3.05, 3.63) is 69.7 Å². The second-order valence-corrected chi connectivity index (χ2v) is 9.20. The smallest absolute Gasteiger partial charge is 0.251 e. The number of hydrogen-bond acceptors (Lipinski definition) is 5. The summed E-state index contributed by atoms with van der Waals surface area (Å²) in [5, 5.41) is 7.69. The van der Waals surface area contributed by atoms with Crippen molar-refractivity contribution in [1.29, 1.82) is 0 Å². The molecular weight excluding hydrogens is 406 g/mol. The highest BCUT2D eigenvalue weighted by molar-refractivity contribution is 8.00. The Morgan fingerprint density at radius 1 is 1.14 bits per heavy atom. The van der Waals surface area contributed by atoms with E-state index in [2.05, 4.69) is 36.4 Å². The molecule has 3 rings (SSSR count). The molecule has 0 saturated heterocycles. The van der Waals surface area contributed by atoms with E-state index in [0.717, 1.165) is 28.6 Å². The molecule has 4 nitrogen and oxygen atoms in total. The zero-order valence-corrected chi connectivity index (χ0v) is 18.4. The molecule has 1 heterocycles. The van der Waals surface area contributed by atoms with Crippen LogP contribution in [0.3, 0.4) is 0 Å². The van der Waals surface area contributed by atoms with Gasteiger partial charge in [0.1, 0.15) is 0 Å². The first-order valence-electron chi connectivity index (χ1n) is 9.29. The van der Waals surface area contributed by atoms with E-state index in [-0.39, 0.29) is 11.9 Å². The summed E-state index contributed by atoms with van der Waals surface area (Å²) in [6.07, 6.45) is 1.86. The van der Waals surface area contributed by atoms with Crippen molar-refractivity contribution in [2.45, 2.75) is 42.8 Å². The summed E-state index contributed by atoms with van der Waals surface area (Å²) in [6, 6.07) is 17.9. The molecule has 0 radical (unpaired) electrons. The zero-order valence-electron chi connectivity index (χ0n) is 15.9. The normalized spacial score (nSPS) is 11.0. The summed E-state index contributed by atoms with van der Waals surface area (Å²) < 4.78 is 3.39. The maximum absolute atomic E-state index is 12.4. The summed E-state index contributed by atoms with van der Waals surface area (Å²) in [5.41, 5.74) is 2.77. The van der Waals surface area contributed by atoms with Gasteiger partial charge >= 0.3 is 0 Å². The van der Waals surface area contributed by atoms with Crippen LogP contribution in [0.5, 0.6) is 0 Å². The lowest BCUT2D eigenvalue weighted by Crippen LogP contribution is -2.33. The number of nitrogens with one attached hydrogen (secondary N) is 1. The molecule has 146 valence electrons. The maximum Gasteiger partial charge on any atom is 0.251 e. The summed E-state index contributed by atoms with van der Waals surface area (Å²) in [5.74, 6) is 0.819. The number of aromatic nitrogens is 2. The van der Waals surface area contributed by atoms with E-state index in [0.29, 0.717) is 9.52 Å². The Balaban J connectivity index is 1.69. The Bertz CT molecular complexity index is 961. The van der Waals surface area contributed by atoms with Crippen molar-refractivity contribution in [3.63, 3.8) is 0 Å². The van der Waals surface area contributed by atoms with Gasteiger partial charge in [-0.15, -0.1) is 5.10 Å². The summed E-state index contributed by atoms with van der Waals surface area (Å²) in [4.78, 5) is 12.4. The van der Waals surface area contributed by atoms with Crippen LogP contribution in [0.4, 0.5) is 0 Å². The molecular formula is C21H23N3OS3. The molecule has 0 aliphatic carbocycles. The van der Waals surface area contributed by atoms with Crippen LogP contribution in [0.2, 0.25) is 0 Å². The largest absolute Gasteiger partial charge is 0.349 e. The minimum Gasteiger partial charge on any atom is -0.349 e. The van der Waals surface area contributed by atoms with Crippen LogP contribution >= 0.6 is 35.3 Å². The molecule has 0 spiro atoms. The van der Waals surface area contributed by atoms with E-state index in [1.54, 1.807) is 16.4 Å². The molecule has 7 heteroatoms. The first kappa shape index (κ1) is 20.8. The molecule has 0 bridgehead atoms. The van der Waals surface area contributed by atoms with Gasteiger partial charge in [-0.25, -0.2) is 4.68 Å². The second kappa shape index (κ2) is 10.0. The van der Waals surface area contributed by atoms with Crippen LogP contribution in [-0.4, -0.2) is 21.7 Å². The summed E-state index contributed by atoms with van der Waals surface area (Å²) in [7, 11) is 0. The molecule has 0 saturated carbocycles. The standard InChI is InChI=1S/C21H23N3OS3/c1-3-17(4-2)22-19(25)16-10-12-18(13-11-16)24-21(26)28-20(23-24)27-14-15-8-6-5-7-9-15/h5-13,17H,3-4,14H2,1-2H3,(H,22,25). The van der Waals surface area contributed by atoms with Gasteiger partial charge in [-0.3, -0.25) is 4.79 Å². The summed E-state index contributed by atoms with van der Waals surface area (Å²) >= 11 is 8.67. The first-order chi connectivity index (χ1) is 13.6. The number of benzene rings is 2. The number of carbonyl (C=O) groups is 1. The van der Waals surface area contributed by atoms with E-state index < -0.39 is 0 Å². The Morgan fingerprint density at radius 3 is 2.46 bits per heavy atom. The molecule has 28 heavy (non-hydrogen) atoms. The third-order valence-corrected chi connectivity index (χ3v) is 6.87. The highest BCUT2D eigenvalue weighted by Crippen LogP contribution is 2.27. The molecule has 1 amide bonds. The third-order valence-electron chi connectivity index (χ3n) is 4.43. The van der Waals surface area contributed by atoms with Gasteiger partial charge in [-0.2, -0.15) is 0 Å². The number of amides is 1. The number of hydrogen-bond donors (Lipinski definition) is 1. The zero-order chi connectivity index (χ0) is 19.9. The molecule has 1 N–H and O–H groups in total. The van der Waals surface area contributed by atoms with Crippen LogP contribution in [0.15, 0.2) is 58.9 Å². The van der Waals surface area contributed by atoms with Gasteiger partial charge in [-0.05, 0) is 54.9 Å². The predicted molar refractivity (Wildman–Crippen MR) is 120 cm³/mol. The predicted octanol–water partition coefficient (Wildman–Crippen LogP) is 5.87. The van der Waals surface area contributed by atoms with Crippen LogP contribution in [0, 0.1) is 3.95 Å². The molecule has 0 aliphatic rings. The second-order valence-electron chi connectivity index (χ2n) is 6.35. The van der Waals surface area contributed by atoms with Crippen LogP contribution < -0.4 is 5.32 Å². The molecule has 0 aliphatic heterocycles. The van der Waals surface area contributed by atoms with Crippen molar-refractivity contribution >= 4 is 41.2 Å². The van der Waals surface area contributed by atoms with Gasteiger partial charge in [-0.1, -0.05) is 67.3 Å². The highest BCUT2D eigenvalue weighted by Gasteiger charge is 2.12. The summed E-state index contributed by atoms with van der Waals surface area (Å²) in [6.45, 7) is 4.16. The Labute approximate surface area is 179 Å². The van der Waals surface area contributed by atoms with E-state index in [9.17, 15) is 4.79 Å². The van der Waals surface area contributed by atoms with Gasteiger partial charge in [0.15, 0.2) is 8.29 Å². The lowest BCUT2D eigenvalue weighted by molar-refractivity contribution is 0.0935. The van der Waals surface area contributed by atoms with Gasteiger partial charge in [0, 0.05) is 17.4 Å². The first-order valence-corrected chi connectivity index (χ1v) is 11.5. The minimum atomic E-state index is -0.0405. The number of nitrogens with zero attached hydrogens (tertiary/aromatic N) is 2. The van der Waals surface area contributed by atoms with Gasteiger partial charge < -0.3 is 5.32 Å². The number of thioether (sulfide) groups is 1. The van der Waals surface area contributed by atoms with E-state index in [4.69, 9.17) is 12.2 Å². The van der Waals surface area contributed by atoms with Crippen molar-refractivity contribution < 1.29 is 4.79 Å². The van der Waals surface area contributed by atoms with E-state index in [1.807, 2.05) is 42.5 Å². The third kappa shape index (κ3) is 5.31. The minimum absolute atomic E-state index is 0.0405. The SMILES string of the molecule is CCC(CC)NC(=O)c1ccc(-n2nc(SCc3ccccc3)sc2=S)cc1. The van der Waals surface area contributed by atoms with Crippen molar-refractivity contribution in [1.82, 2.24) is 15.1 Å². The van der Waals surface area contributed by atoms with Crippen molar-refractivity contribution in [2.24, 2.45) is 0 Å². The van der Waals surface area contributed by atoms with E-state index in [1.165, 1.54) is 16.9 Å². The average Bonchev–Trinajstić information content (AvgIpc) is 3.11. The number of carbonyl (C=O) groups excluding carboxylic acids is 1. The molecule has 2 aromatic carbocycles. The number of rotatable bonds is 8. The fraction of sp³-hybridized carbons (Fsp3) is 0.286. The Kier molecular flexibility index (Phi) is 7.42. The average molecular weight is 430 g/mol. The highest BCUT2D eigenvalue weighted by atomic mass is 32.2. The molecule has 0 atom stereocenters. The lowest BCUT2D eigenvalue weighted by Gasteiger charge is -2.14. The maximum atomic E-state index is 12.4. The van der Waals surface area contributed by atoms with Gasteiger partial charge in [0.25, 0.3) is 5.91 Å². The monoisotopic (exact) mass is 429 g/mol. The van der Waals surface area contributed by atoms with Crippen LogP contribution in [-0.2, 0) is 5.75 Å². The fourth-order valence-corrected chi connectivity index (χ4v) is 5.03. The van der Waals surface area contributed by atoms with E-state index >= 15 is 0 Å². The quantitative estimate of drug-likeness (QED) is 0.359. The lowest BCUT2D eigenvalue weighted by atomic mass is 10.1. The molecule has 0 fully saturated rings. The molecule has 1 aromatic heterocycles. The fourth-order valence-electron chi connectivity index (χ4n) is 2.72.